The number of nitrogens with two attached hydrogens (primary N) is 2. The number of halogens is 1. The van der Waals surface area contributed by atoms with Crippen molar-refractivity contribution < 1.29 is 24.2 Å². The second-order valence-electron chi connectivity index (χ2n) is 7.35. The zero-order valence-electron chi connectivity index (χ0n) is 18.5. The first-order valence-electron chi connectivity index (χ1n) is 10.5. The lowest BCUT2D eigenvalue weighted by atomic mass is 10.1. The number of aliphatic carboxylic acids is 1. The minimum Gasteiger partial charge on any atom is -0.486 e. The number of carbonyl (C=O) groups excluding carboxylic acids is 2. The van der Waals surface area contributed by atoms with Gasteiger partial charge >= 0.3 is 5.97 Å². The number of rotatable bonds is 14. The van der Waals surface area contributed by atoms with Gasteiger partial charge in [-0.05, 0) is 42.7 Å². The Bertz CT molecular complexity index is 981. The third-order valence-corrected chi connectivity index (χ3v) is 4.91. The molecular weight excluding hydrogens is 462 g/mol. The van der Waals surface area contributed by atoms with Gasteiger partial charge in [0.15, 0.2) is 11.7 Å². The molecule has 1 atom stereocenters. The summed E-state index contributed by atoms with van der Waals surface area (Å²) in [6, 6.07) is 14.3. The van der Waals surface area contributed by atoms with Crippen molar-refractivity contribution in [2.24, 2.45) is 16.5 Å². The van der Waals surface area contributed by atoms with E-state index in [-0.39, 0.29) is 32.1 Å². The molecule has 0 aliphatic rings. The molecule has 0 heterocycles. The molecule has 2 aromatic rings. The van der Waals surface area contributed by atoms with Crippen LogP contribution < -0.4 is 21.6 Å². The number of benzene rings is 2. The van der Waals surface area contributed by atoms with Crippen molar-refractivity contribution >= 4 is 35.2 Å². The van der Waals surface area contributed by atoms with Crippen LogP contribution in [0.15, 0.2) is 59.6 Å². The molecule has 182 valence electrons. The Balaban J connectivity index is 2.06. The van der Waals surface area contributed by atoms with Crippen LogP contribution in [0.25, 0.3) is 0 Å². The normalized spacial score (nSPS) is 11.3. The lowest BCUT2D eigenvalue weighted by Gasteiger charge is -2.29. The standard InChI is InChI=1S/C23H28ClN5O5/c24-17-8-10-19(11-9-17)34-15-18(30)13-21(31)29(28-14-16-5-2-1-3-6-16)20(22(32)33)7-4-12-27-23(25)26/h1-3,5-6,8-11,20,28H,4,7,12-15H2,(H,32,33)(H4,25,26,27)/t20-/m0/s1. The number of ether oxygens (including phenoxy) is 1. The molecule has 0 saturated carbocycles. The molecule has 0 radical (unpaired) electrons. The number of nitrogens with one attached hydrogen (secondary N) is 1. The summed E-state index contributed by atoms with van der Waals surface area (Å²) in [5.41, 5.74) is 14.3. The smallest absolute Gasteiger partial charge is 0.328 e. The summed E-state index contributed by atoms with van der Waals surface area (Å²) in [5.74, 6) is -2.09. The second kappa shape index (κ2) is 13.8. The van der Waals surface area contributed by atoms with E-state index < -0.39 is 30.1 Å². The molecule has 6 N–H and O–H groups in total. The second-order valence-corrected chi connectivity index (χ2v) is 7.78. The fraction of sp³-hybridized carbons (Fsp3) is 0.304. The van der Waals surface area contributed by atoms with Gasteiger partial charge in [0.2, 0.25) is 5.91 Å². The van der Waals surface area contributed by atoms with Gasteiger partial charge in [-0.25, -0.2) is 10.2 Å². The van der Waals surface area contributed by atoms with Gasteiger partial charge in [-0.15, -0.1) is 0 Å². The lowest BCUT2D eigenvalue weighted by molar-refractivity contribution is -0.155. The first kappa shape index (κ1) is 26.6. The van der Waals surface area contributed by atoms with Gasteiger partial charge in [-0.2, -0.15) is 0 Å². The van der Waals surface area contributed by atoms with E-state index in [0.717, 1.165) is 10.6 Å². The van der Waals surface area contributed by atoms with Gasteiger partial charge in [-0.3, -0.25) is 19.6 Å². The topological polar surface area (TPSA) is 160 Å². The van der Waals surface area contributed by atoms with E-state index in [1.165, 1.54) is 0 Å². The van der Waals surface area contributed by atoms with Crippen molar-refractivity contribution in [2.45, 2.75) is 31.8 Å². The summed E-state index contributed by atoms with van der Waals surface area (Å²) >= 11 is 5.82. The molecule has 11 heteroatoms. The van der Waals surface area contributed by atoms with Crippen molar-refractivity contribution in [3.05, 3.63) is 65.2 Å². The van der Waals surface area contributed by atoms with Crippen molar-refractivity contribution in [2.75, 3.05) is 13.2 Å². The van der Waals surface area contributed by atoms with E-state index in [1.807, 2.05) is 30.3 Å². The molecule has 2 rings (SSSR count). The number of nitrogens with zero attached hydrogens (tertiary/aromatic N) is 2. The summed E-state index contributed by atoms with van der Waals surface area (Å²) < 4.78 is 5.39. The number of carbonyl (C=O) groups is 3. The third kappa shape index (κ3) is 9.47. The highest BCUT2D eigenvalue weighted by molar-refractivity contribution is 6.30. The highest BCUT2D eigenvalue weighted by Crippen LogP contribution is 2.16. The number of carboxylic acids is 1. The van der Waals surface area contributed by atoms with Crippen LogP contribution in [0.3, 0.4) is 0 Å². The quantitative estimate of drug-likeness (QED) is 0.102. The number of hydrazine groups is 1. The average molecular weight is 490 g/mol. The van der Waals surface area contributed by atoms with Crippen LogP contribution in [-0.2, 0) is 20.9 Å². The van der Waals surface area contributed by atoms with Gasteiger partial charge in [0.25, 0.3) is 0 Å². The van der Waals surface area contributed by atoms with Crippen LogP contribution in [0.2, 0.25) is 5.02 Å². The number of aliphatic imine (C=N–C) groups is 1. The van der Waals surface area contributed by atoms with Crippen LogP contribution in [0.4, 0.5) is 0 Å². The van der Waals surface area contributed by atoms with Crippen LogP contribution in [0.5, 0.6) is 5.75 Å². The van der Waals surface area contributed by atoms with E-state index in [9.17, 15) is 19.5 Å². The SMILES string of the molecule is NC(N)=NCCC[C@@H](C(=O)O)N(NCc1ccccc1)C(=O)CC(=O)COc1ccc(Cl)cc1. The monoisotopic (exact) mass is 489 g/mol. The number of amides is 1. The molecule has 0 fully saturated rings. The maximum atomic E-state index is 13.0. The van der Waals surface area contributed by atoms with E-state index in [4.69, 9.17) is 27.8 Å². The number of guanidine groups is 1. The maximum absolute atomic E-state index is 13.0. The Morgan fingerprint density at radius 1 is 1.09 bits per heavy atom. The zero-order valence-corrected chi connectivity index (χ0v) is 19.3. The van der Waals surface area contributed by atoms with Crippen LogP contribution in [-0.4, -0.2) is 52.9 Å². The zero-order chi connectivity index (χ0) is 24.9. The van der Waals surface area contributed by atoms with E-state index in [2.05, 4.69) is 10.4 Å². The Morgan fingerprint density at radius 3 is 2.38 bits per heavy atom. The van der Waals surface area contributed by atoms with Gasteiger partial charge in [0.05, 0.1) is 6.42 Å². The highest BCUT2D eigenvalue weighted by Gasteiger charge is 2.30. The molecule has 0 aliphatic heterocycles. The Kier molecular flexibility index (Phi) is 10.8. The molecular formula is C23H28ClN5O5. The largest absolute Gasteiger partial charge is 0.486 e. The Morgan fingerprint density at radius 2 is 1.76 bits per heavy atom. The molecule has 1 amide bonds. The van der Waals surface area contributed by atoms with Crippen LogP contribution >= 0.6 is 11.6 Å². The summed E-state index contributed by atoms with van der Waals surface area (Å²) in [6.45, 7) is 0.0581. The predicted octanol–water partition coefficient (Wildman–Crippen LogP) is 1.72. The highest BCUT2D eigenvalue weighted by atomic mass is 35.5. The summed E-state index contributed by atoms with van der Waals surface area (Å²) in [5, 5.41) is 11.3. The van der Waals surface area contributed by atoms with Crippen LogP contribution in [0, 0.1) is 0 Å². The molecule has 0 aromatic heterocycles. The van der Waals surface area contributed by atoms with Crippen LogP contribution in [0.1, 0.15) is 24.8 Å². The van der Waals surface area contributed by atoms with Gasteiger partial charge in [0.1, 0.15) is 18.4 Å². The molecule has 10 nitrogen and oxygen atoms in total. The molecule has 0 spiro atoms. The lowest BCUT2D eigenvalue weighted by Crippen LogP contribution is -2.53. The van der Waals surface area contributed by atoms with E-state index in [0.29, 0.717) is 17.2 Å². The number of ketones is 1. The number of Topliss-reactive ketones (excluding diaryl/α,β-unsaturated/α-hetero) is 1. The maximum Gasteiger partial charge on any atom is 0.328 e. The van der Waals surface area contributed by atoms with E-state index >= 15 is 0 Å². The first-order valence-corrected chi connectivity index (χ1v) is 10.9. The molecule has 0 unspecified atom stereocenters. The fourth-order valence-corrected chi connectivity index (χ4v) is 3.13. The van der Waals surface area contributed by atoms with E-state index in [1.54, 1.807) is 24.3 Å². The van der Waals surface area contributed by atoms with Crippen molar-refractivity contribution in [3.8, 4) is 5.75 Å². The summed E-state index contributed by atoms with van der Waals surface area (Å²) in [6.07, 6.45) is -0.137. The average Bonchev–Trinajstić information content (AvgIpc) is 2.80. The number of hydrogen-bond acceptors (Lipinski definition) is 6. The van der Waals surface area contributed by atoms with Crippen molar-refractivity contribution in [1.29, 1.82) is 0 Å². The number of hydrogen-bond donors (Lipinski definition) is 4. The molecule has 0 bridgehead atoms. The van der Waals surface area contributed by atoms with Crippen molar-refractivity contribution in [1.82, 2.24) is 10.4 Å². The van der Waals surface area contributed by atoms with Gasteiger partial charge in [-0.1, -0.05) is 41.9 Å². The molecule has 2 aromatic carbocycles. The fourth-order valence-electron chi connectivity index (χ4n) is 3.00. The Labute approximate surface area is 202 Å². The van der Waals surface area contributed by atoms with Gasteiger partial charge < -0.3 is 21.3 Å². The van der Waals surface area contributed by atoms with Crippen molar-refractivity contribution in [3.63, 3.8) is 0 Å². The molecule has 34 heavy (non-hydrogen) atoms. The first-order chi connectivity index (χ1) is 16.3. The summed E-state index contributed by atoms with van der Waals surface area (Å²) in [7, 11) is 0. The Hall–Kier alpha value is -3.63. The molecule has 0 saturated heterocycles. The van der Waals surface area contributed by atoms with Gasteiger partial charge in [0, 0.05) is 18.1 Å². The summed E-state index contributed by atoms with van der Waals surface area (Å²) in [4.78, 5) is 41.1. The minimum atomic E-state index is -1.23. The number of carboxylic acid groups (broad SMARTS) is 1. The minimum absolute atomic E-state index is 0.0785. The predicted molar refractivity (Wildman–Crippen MR) is 128 cm³/mol. The molecule has 0 aliphatic carbocycles. The third-order valence-electron chi connectivity index (χ3n) is 4.65.